The Morgan fingerprint density at radius 2 is 1.70 bits per heavy atom. The summed E-state index contributed by atoms with van der Waals surface area (Å²) in [5.41, 5.74) is 1.88. The van der Waals surface area contributed by atoms with Crippen LogP contribution in [0.5, 0.6) is 0 Å². The largest absolute Gasteiger partial charge is 0.323 e. The molecule has 2 N–H and O–H groups in total. The maximum Gasteiger partial charge on any atom is 0.248 e. The number of carbonyl (C=O) groups excluding carboxylic acids is 1. The van der Waals surface area contributed by atoms with Crippen LogP contribution in [0.25, 0.3) is 6.08 Å². The fourth-order valence-corrected chi connectivity index (χ4v) is 3.87. The fourth-order valence-electron chi connectivity index (χ4n) is 2.48. The predicted molar refractivity (Wildman–Crippen MR) is 119 cm³/mol. The summed E-state index contributed by atoms with van der Waals surface area (Å²) in [4.78, 5) is 16.0. The number of benzene rings is 2. The SMILES string of the molecule is O=C(/C=C/c1ccncc1)Nc1ccc(S(=O)(=O)NCc2cc(Cl)ccc2Cl)cc1. The van der Waals surface area contributed by atoms with Crippen LogP contribution in [-0.4, -0.2) is 19.3 Å². The Balaban J connectivity index is 1.62. The van der Waals surface area contributed by atoms with Gasteiger partial charge in [0.2, 0.25) is 15.9 Å². The van der Waals surface area contributed by atoms with Crippen molar-refractivity contribution in [1.82, 2.24) is 9.71 Å². The molecule has 3 aromatic rings. The first-order valence-corrected chi connectivity index (χ1v) is 11.0. The second kappa shape index (κ2) is 9.86. The van der Waals surface area contributed by atoms with Gasteiger partial charge >= 0.3 is 0 Å². The van der Waals surface area contributed by atoms with Crippen molar-refractivity contribution in [3.05, 3.63) is 94.2 Å². The highest BCUT2D eigenvalue weighted by Crippen LogP contribution is 2.21. The van der Waals surface area contributed by atoms with E-state index in [0.29, 0.717) is 21.3 Å². The number of nitrogens with one attached hydrogen (secondary N) is 2. The summed E-state index contributed by atoms with van der Waals surface area (Å²) in [6, 6.07) is 14.2. The Bertz CT molecular complexity index is 1170. The van der Waals surface area contributed by atoms with Crippen molar-refractivity contribution >= 4 is 50.9 Å². The van der Waals surface area contributed by atoms with Crippen molar-refractivity contribution in [3.8, 4) is 0 Å². The minimum Gasteiger partial charge on any atom is -0.323 e. The van der Waals surface area contributed by atoms with Crippen molar-refractivity contribution in [3.63, 3.8) is 0 Å². The molecule has 0 saturated carbocycles. The minimum absolute atomic E-state index is 0.0000146. The van der Waals surface area contributed by atoms with Crippen molar-refractivity contribution in [1.29, 1.82) is 0 Å². The maximum absolute atomic E-state index is 12.5. The van der Waals surface area contributed by atoms with Gasteiger partial charge in [0.25, 0.3) is 0 Å². The number of anilines is 1. The van der Waals surface area contributed by atoms with E-state index >= 15 is 0 Å². The highest BCUT2D eigenvalue weighted by atomic mass is 35.5. The predicted octanol–water partition coefficient (Wildman–Crippen LogP) is 4.52. The number of halogens is 2. The lowest BCUT2D eigenvalue weighted by Crippen LogP contribution is -2.23. The highest BCUT2D eigenvalue weighted by molar-refractivity contribution is 7.89. The number of pyridine rings is 1. The van der Waals surface area contributed by atoms with Crippen molar-refractivity contribution < 1.29 is 13.2 Å². The number of hydrogen-bond acceptors (Lipinski definition) is 4. The molecule has 1 heterocycles. The number of carbonyl (C=O) groups is 1. The Labute approximate surface area is 184 Å². The molecule has 0 spiro atoms. The lowest BCUT2D eigenvalue weighted by Gasteiger charge is -2.09. The molecule has 0 fully saturated rings. The quantitative estimate of drug-likeness (QED) is 0.506. The molecule has 0 radical (unpaired) electrons. The first-order chi connectivity index (χ1) is 14.3. The van der Waals surface area contributed by atoms with Crippen LogP contribution >= 0.6 is 23.2 Å². The number of aromatic nitrogens is 1. The summed E-state index contributed by atoms with van der Waals surface area (Å²) in [5.74, 6) is -0.337. The van der Waals surface area contributed by atoms with Crippen LogP contribution in [0.15, 0.2) is 78.0 Å². The molecule has 6 nitrogen and oxygen atoms in total. The first kappa shape index (κ1) is 22.0. The highest BCUT2D eigenvalue weighted by Gasteiger charge is 2.15. The number of sulfonamides is 1. The zero-order valence-corrected chi connectivity index (χ0v) is 17.9. The Hall–Kier alpha value is -2.71. The van der Waals surface area contributed by atoms with E-state index in [4.69, 9.17) is 23.2 Å². The van der Waals surface area contributed by atoms with E-state index in [-0.39, 0.29) is 17.3 Å². The van der Waals surface area contributed by atoms with E-state index < -0.39 is 10.0 Å². The van der Waals surface area contributed by atoms with Gasteiger partial charge in [-0.15, -0.1) is 0 Å². The average Bonchev–Trinajstić information content (AvgIpc) is 2.74. The zero-order chi connectivity index (χ0) is 21.6. The molecular formula is C21H17Cl2N3O3S. The third-order valence-corrected chi connectivity index (χ3v) is 6.05. The number of hydrogen-bond donors (Lipinski definition) is 2. The van der Waals surface area contributed by atoms with Crippen LogP contribution in [-0.2, 0) is 21.4 Å². The molecule has 0 bridgehead atoms. The second-order valence-corrected chi connectivity index (χ2v) is 8.80. The van der Waals surface area contributed by atoms with Gasteiger partial charge in [0.1, 0.15) is 0 Å². The third kappa shape index (κ3) is 6.14. The van der Waals surface area contributed by atoms with E-state index in [1.54, 1.807) is 48.8 Å². The van der Waals surface area contributed by atoms with Gasteiger partial charge < -0.3 is 5.32 Å². The topological polar surface area (TPSA) is 88.2 Å². The molecule has 30 heavy (non-hydrogen) atoms. The smallest absolute Gasteiger partial charge is 0.248 e. The van der Waals surface area contributed by atoms with E-state index in [0.717, 1.165) is 5.56 Å². The summed E-state index contributed by atoms with van der Waals surface area (Å²) < 4.78 is 27.5. The summed E-state index contributed by atoms with van der Waals surface area (Å²) in [6.45, 7) is 0.0000146. The zero-order valence-electron chi connectivity index (χ0n) is 15.5. The molecule has 0 aliphatic heterocycles. The summed E-state index contributed by atoms with van der Waals surface area (Å²) >= 11 is 12.0. The first-order valence-electron chi connectivity index (χ1n) is 8.76. The van der Waals surface area contributed by atoms with Gasteiger partial charge in [0.15, 0.2) is 0 Å². The molecule has 1 amide bonds. The number of nitrogens with zero attached hydrogens (tertiary/aromatic N) is 1. The summed E-state index contributed by atoms with van der Waals surface area (Å²) in [7, 11) is -3.76. The lowest BCUT2D eigenvalue weighted by molar-refractivity contribution is -0.111. The van der Waals surface area contributed by atoms with Crippen molar-refractivity contribution in [2.45, 2.75) is 11.4 Å². The molecule has 3 rings (SSSR count). The van der Waals surface area contributed by atoms with Gasteiger partial charge in [0, 0.05) is 40.7 Å². The molecule has 2 aromatic carbocycles. The molecule has 1 aromatic heterocycles. The van der Waals surface area contributed by atoms with Gasteiger partial charge in [0.05, 0.1) is 4.90 Å². The molecule has 0 saturated heterocycles. The molecule has 0 atom stereocenters. The monoisotopic (exact) mass is 461 g/mol. The molecule has 154 valence electrons. The summed E-state index contributed by atoms with van der Waals surface area (Å²) in [5, 5.41) is 3.55. The Morgan fingerprint density at radius 3 is 2.40 bits per heavy atom. The summed E-state index contributed by atoms with van der Waals surface area (Å²) in [6.07, 6.45) is 6.30. The van der Waals surface area contributed by atoms with Crippen LogP contribution in [0.4, 0.5) is 5.69 Å². The minimum atomic E-state index is -3.76. The van der Waals surface area contributed by atoms with E-state index in [1.165, 1.54) is 30.3 Å². The molecule has 9 heteroatoms. The number of amides is 1. The van der Waals surface area contributed by atoms with Crippen LogP contribution < -0.4 is 10.0 Å². The van der Waals surface area contributed by atoms with E-state index in [9.17, 15) is 13.2 Å². The lowest BCUT2D eigenvalue weighted by atomic mass is 10.2. The maximum atomic E-state index is 12.5. The standard InChI is InChI=1S/C21H17Cl2N3O3S/c22-17-2-7-20(23)16(13-17)14-25-30(28,29)19-5-3-18(4-6-19)26-21(27)8-1-15-9-11-24-12-10-15/h1-13,25H,14H2,(H,26,27)/b8-1+. The van der Waals surface area contributed by atoms with E-state index in [1.807, 2.05) is 0 Å². The molecule has 0 unspecified atom stereocenters. The second-order valence-electron chi connectivity index (χ2n) is 6.19. The van der Waals surface area contributed by atoms with Gasteiger partial charge in [-0.05, 0) is 71.8 Å². The normalized spacial score (nSPS) is 11.5. The fraction of sp³-hybridized carbons (Fsp3) is 0.0476. The molecule has 0 aliphatic rings. The van der Waals surface area contributed by atoms with Crippen LogP contribution in [0.1, 0.15) is 11.1 Å². The molecular weight excluding hydrogens is 445 g/mol. The van der Waals surface area contributed by atoms with Crippen molar-refractivity contribution in [2.24, 2.45) is 0 Å². The van der Waals surface area contributed by atoms with Crippen LogP contribution in [0, 0.1) is 0 Å². The van der Waals surface area contributed by atoms with Crippen molar-refractivity contribution in [2.75, 3.05) is 5.32 Å². The van der Waals surface area contributed by atoms with Crippen LogP contribution in [0.3, 0.4) is 0 Å². The molecule has 0 aliphatic carbocycles. The van der Waals surface area contributed by atoms with Crippen LogP contribution in [0.2, 0.25) is 10.0 Å². The Kier molecular flexibility index (Phi) is 7.23. The van der Waals surface area contributed by atoms with Gasteiger partial charge in [-0.1, -0.05) is 23.2 Å². The third-order valence-electron chi connectivity index (χ3n) is 4.03. The van der Waals surface area contributed by atoms with Gasteiger partial charge in [-0.25, -0.2) is 13.1 Å². The Morgan fingerprint density at radius 1 is 1.00 bits per heavy atom. The van der Waals surface area contributed by atoms with E-state index in [2.05, 4.69) is 15.0 Å². The van der Waals surface area contributed by atoms with Gasteiger partial charge in [-0.2, -0.15) is 0 Å². The van der Waals surface area contributed by atoms with Gasteiger partial charge in [-0.3, -0.25) is 9.78 Å². The number of rotatable bonds is 7. The average molecular weight is 462 g/mol.